The van der Waals surface area contributed by atoms with Crippen molar-refractivity contribution < 1.29 is 19.0 Å². The Bertz CT molecular complexity index is 837. The summed E-state index contributed by atoms with van der Waals surface area (Å²) in [6, 6.07) is 9.66. The number of benzene rings is 2. The summed E-state index contributed by atoms with van der Waals surface area (Å²) in [7, 11) is 3.22. The number of hydrogen-bond acceptors (Lipinski definition) is 4. The molecule has 1 amide bonds. The minimum Gasteiger partial charge on any atom is -0.493 e. The van der Waals surface area contributed by atoms with Crippen LogP contribution in [0.15, 0.2) is 30.3 Å². The number of carbonyl (C=O) groups is 1. The van der Waals surface area contributed by atoms with Crippen molar-refractivity contribution in [3.05, 3.63) is 41.5 Å². The predicted molar refractivity (Wildman–Crippen MR) is 101 cm³/mol. The standard InChI is InChI=1S/C21H25NO4/c1-21(2,3)12-26-18-15(8-9-17(24-4)19(18)25-5)13-6-7-16-14(10-13)11-22-20(16)23/h6-10H,11-12H2,1-5H3,(H,22,23). The van der Waals surface area contributed by atoms with E-state index in [-0.39, 0.29) is 11.3 Å². The van der Waals surface area contributed by atoms with Crippen molar-refractivity contribution in [3.8, 4) is 28.4 Å². The third-order valence-electron chi connectivity index (χ3n) is 4.25. The zero-order chi connectivity index (χ0) is 18.9. The van der Waals surface area contributed by atoms with Crippen LogP contribution >= 0.6 is 0 Å². The molecule has 0 atom stereocenters. The number of methoxy groups -OCH3 is 2. The molecular formula is C21H25NO4. The maximum absolute atomic E-state index is 11.8. The first kappa shape index (κ1) is 18.1. The van der Waals surface area contributed by atoms with Crippen molar-refractivity contribution in [1.29, 1.82) is 0 Å². The van der Waals surface area contributed by atoms with Crippen molar-refractivity contribution in [3.63, 3.8) is 0 Å². The molecule has 0 unspecified atom stereocenters. The summed E-state index contributed by atoms with van der Waals surface area (Å²) >= 11 is 0. The van der Waals surface area contributed by atoms with Gasteiger partial charge in [-0.2, -0.15) is 0 Å². The Kier molecular flexibility index (Phi) is 4.81. The highest BCUT2D eigenvalue weighted by Crippen LogP contribution is 2.45. The molecule has 0 bridgehead atoms. The topological polar surface area (TPSA) is 56.8 Å². The second-order valence-electron chi connectivity index (χ2n) is 7.58. The van der Waals surface area contributed by atoms with E-state index in [1.165, 1.54) is 0 Å². The van der Waals surface area contributed by atoms with E-state index in [1.54, 1.807) is 14.2 Å². The van der Waals surface area contributed by atoms with Crippen molar-refractivity contribution in [1.82, 2.24) is 5.32 Å². The highest BCUT2D eigenvalue weighted by atomic mass is 16.5. The van der Waals surface area contributed by atoms with Gasteiger partial charge in [-0.3, -0.25) is 4.79 Å². The Morgan fingerprint density at radius 3 is 2.38 bits per heavy atom. The highest BCUT2D eigenvalue weighted by Gasteiger charge is 2.23. The summed E-state index contributed by atoms with van der Waals surface area (Å²) in [5.41, 5.74) is 3.61. The molecule has 138 valence electrons. The first-order valence-electron chi connectivity index (χ1n) is 8.63. The van der Waals surface area contributed by atoms with Gasteiger partial charge in [0.15, 0.2) is 11.5 Å². The Morgan fingerprint density at radius 2 is 1.73 bits per heavy atom. The van der Waals surface area contributed by atoms with Gasteiger partial charge < -0.3 is 19.5 Å². The first-order valence-corrected chi connectivity index (χ1v) is 8.63. The van der Waals surface area contributed by atoms with E-state index in [4.69, 9.17) is 14.2 Å². The number of hydrogen-bond donors (Lipinski definition) is 1. The highest BCUT2D eigenvalue weighted by molar-refractivity contribution is 5.99. The normalized spacial score (nSPS) is 13.2. The van der Waals surface area contributed by atoms with Crippen LogP contribution in [0.25, 0.3) is 11.1 Å². The SMILES string of the molecule is COc1ccc(-c2ccc3c(c2)CNC3=O)c(OCC(C)(C)C)c1OC. The lowest BCUT2D eigenvalue weighted by Crippen LogP contribution is -2.17. The molecule has 0 saturated carbocycles. The van der Waals surface area contributed by atoms with Crippen LogP contribution in [0.2, 0.25) is 0 Å². The Hall–Kier alpha value is -2.69. The van der Waals surface area contributed by atoms with E-state index < -0.39 is 0 Å². The third kappa shape index (κ3) is 3.47. The van der Waals surface area contributed by atoms with Crippen molar-refractivity contribution in [2.45, 2.75) is 27.3 Å². The molecular weight excluding hydrogens is 330 g/mol. The van der Waals surface area contributed by atoms with Gasteiger partial charge in [0.2, 0.25) is 5.75 Å². The van der Waals surface area contributed by atoms with Crippen LogP contribution in [0.4, 0.5) is 0 Å². The van der Waals surface area contributed by atoms with Crippen molar-refractivity contribution >= 4 is 5.91 Å². The maximum Gasteiger partial charge on any atom is 0.251 e. The number of amides is 1. The minimum atomic E-state index is -0.0249. The van der Waals surface area contributed by atoms with E-state index in [2.05, 4.69) is 26.1 Å². The fourth-order valence-electron chi connectivity index (χ4n) is 2.96. The molecule has 3 rings (SSSR count). The molecule has 2 aromatic rings. The van der Waals surface area contributed by atoms with Crippen molar-refractivity contribution in [2.24, 2.45) is 5.41 Å². The molecule has 0 aliphatic carbocycles. The number of ether oxygens (including phenoxy) is 3. The predicted octanol–water partition coefficient (Wildman–Crippen LogP) is 4.04. The first-order chi connectivity index (χ1) is 12.3. The number of nitrogens with one attached hydrogen (secondary N) is 1. The second kappa shape index (κ2) is 6.90. The molecule has 5 nitrogen and oxygen atoms in total. The Labute approximate surface area is 154 Å². The summed E-state index contributed by atoms with van der Waals surface area (Å²) in [6.45, 7) is 7.44. The van der Waals surface area contributed by atoms with Gasteiger partial charge in [-0.15, -0.1) is 0 Å². The zero-order valence-corrected chi connectivity index (χ0v) is 15.9. The summed E-state index contributed by atoms with van der Waals surface area (Å²) in [6.07, 6.45) is 0. The van der Waals surface area contributed by atoms with Crippen LogP contribution in [0.3, 0.4) is 0 Å². The van der Waals surface area contributed by atoms with Gasteiger partial charge in [-0.1, -0.05) is 26.8 Å². The summed E-state index contributed by atoms with van der Waals surface area (Å²) in [5, 5.41) is 2.85. The summed E-state index contributed by atoms with van der Waals surface area (Å²) in [5.74, 6) is 1.82. The number of rotatable bonds is 5. The monoisotopic (exact) mass is 355 g/mol. The molecule has 1 aliphatic heterocycles. The molecule has 0 radical (unpaired) electrons. The molecule has 0 spiro atoms. The second-order valence-corrected chi connectivity index (χ2v) is 7.58. The Morgan fingerprint density at radius 1 is 1.00 bits per heavy atom. The quantitative estimate of drug-likeness (QED) is 0.879. The third-order valence-corrected chi connectivity index (χ3v) is 4.25. The van der Waals surface area contributed by atoms with E-state index in [9.17, 15) is 4.79 Å². The zero-order valence-electron chi connectivity index (χ0n) is 15.9. The smallest absolute Gasteiger partial charge is 0.251 e. The average Bonchev–Trinajstić information content (AvgIpc) is 2.98. The summed E-state index contributed by atoms with van der Waals surface area (Å²) < 4.78 is 17.2. The lowest BCUT2D eigenvalue weighted by atomic mass is 9.97. The minimum absolute atomic E-state index is 0.000365. The average molecular weight is 355 g/mol. The molecule has 1 aliphatic rings. The molecule has 0 saturated heterocycles. The van der Waals surface area contributed by atoms with E-state index >= 15 is 0 Å². The van der Waals surface area contributed by atoms with E-state index in [1.807, 2.05) is 30.3 Å². The van der Waals surface area contributed by atoms with Gasteiger partial charge in [-0.25, -0.2) is 0 Å². The van der Waals surface area contributed by atoms with E-state index in [0.29, 0.717) is 30.4 Å². The number of fused-ring (bicyclic) bond motifs is 1. The van der Waals surface area contributed by atoms with Crippen molar-refractivity contribution in [2.75, 3.05) is 20.8 Å². The molecule has 5 heteroatoms. The van der Waals surface area contributed by atoms with Gasteiger partial charge in [0.25, 0.3) is 5.91 Å². The molecule has 0 fully saturated rings. The van der Waals surface area contributed by atoms with Gasteiger partial charge in [0.1, 0.15) is 0 Å². The van der Waals surface area contributed by atoms with Gasteiger partial charge >= 0.3 is 0 Å². The number of carbonyl (C=O) groups excluding carboxylic acids is 1. The molecule has 1 heterocycles. The van der Waals surface area contributed by atoms with Crippen LogP contribution in [-0.2, 0) is 6.54 Å². The van der Waals surface area contributed by atoms with Crippen LogP contribution in [0.1, 0.15) is 36.7 Å². The van der Waals surface area contributed by atoms with Crippen LogP contribution in [0.5, 0.6) is 17.2 Å². The fraction of sp³-hybridized carbons (Fsp3) is 0.381. The van der Waals surface area contributed by atoms with Gasteiger partial charge in [0, 0.05) is 17.7 Å². The van der Waals surface area contributed by atoms with Gasteiger partial charge in [0.05, 0.1) is 20.8 Å². The lowest BCUT2D eigenvalue weighted by molar-refractivity contribution is 0.0966. The fourth-order valence-corrected chi connectivity index (χ4v) is 2.96. The maximum atomic E-state index is 11.8. The van der Waals surface area contributed by atoms with Crippen LogP contribution in [-0.4, -0.2) is 26.7 Å². The van der Waals surface area contributed by atoms with Gasteiger partial charge in [-0.05, 0) is 40.8 Å². The van der Waals surface area contributed by atoms with Crippen LogP contribution in [0, 0.1) is 5.41 Å². The van der Waals surface area contributed by atoms with Crippen LogP contribution < -0.4 is 19.5 Å². The molecule has 26 heavy (non-hydrogen) atoms. The molecule has 2 aromatic carbocycles. The Balaban J connectivity index is 2.10. The lowest BCUT2D eigenvalue weighted by Gasteiger charge is -2.23. The van der Waals surface area contributed by atoms with E-state index in [0.717, 1.165) is 22.3 Å². The molecule has 1 N–H and O–H groups in total. The largest absolute Gasteiger partial charge is 0.493 e. The summed E-state index contributed by atoms with van der Waals surface area (Å²) in [4.78, 5) is 11.8. The molecule has 0 aromatic heterocycles.